The molecule has 0 bridgehead atoms. The molecule has 1 saturated carbocycles. The molecule has 2 atom stereocenters. The van der Waals surface area contributed by atoms with Gasteiger partial charge in [-0.1, -0.05) is 17.7 Å². The van der Waals surface area contributed by atoms with Crippen LogP contribution in [-0.2, 0) is 19.6 Å². The first-order chi connectivity index (χ1) is 11.2. The maximum absolute atomic E-state index is 12.5. The molecule has 2 N–H and O–H groups in total. The van der Waals surface area contributed by atoms with Crippen molar-refractivity contribution in [2.45, 2.75) is 57.6 Å². The van der Waals surface area contributed by atoms with Crippen LogP contribution in [0, 0.1) is 20.8 Å². The molecule has 134 valence electrons. The van der Waals surface area contributed by atoms with E-state index in [9.17, 15) is 13.2 Å². The molecule has 6 nitrogen and oxygen atoms in total. The van der Waals surface area contributed by atoms with E-state index >= 15 is 0 Å². The summed E-state index contributed by atoms with van der Waals surface area (Å²) in [4.78, 5) is 12.1. The lowest BCUT2D eigenvalue weighted by atomic mass is 10.1. The fourth-order valence-corrected chi connectivity index (χ4v) is 4.44. The van der Waals surface area contributed by atoms with Crippen molar-refractivity contribution in [2.24, 2.45) is 0 Å². The monoisotopic (exact) mass is 354 g/mol. The minimum absolute atomic E-state index is 0.0654. The largest absolute Gasteiger partial charge is 0.376 e. The van der Waals surface area contributed by atoms with Crippen molar-refractivity contribution in [1.29, 1.82) is 0 Å². The molecule has 0 aliphatic heterocycles. The topological polar surface area (TPSA) is 84.5 Å². The van der Waals surface area contributed by atoms with Crippen LogP contribution < -0.4 is 10.0 Å². The number of sulfonamides is 1. The Hall–Kier alpha value is -1.44. The molecule has 0 radical (unpaired) electrons. The molecule has 1 aliphatic carbocycles. The van der Waals surface area contributed by atoms with Crippen molar-refractivity contribution in [1.82, 2.24) is 10.0 Å². The maximum atomic E-state index is 12.5. The Labute approximate surface area is 144 Å². The molecule has 1 amide bonds. The normalized spacial score (nSPS) is 20.0. The fraction of sp³-hybridized carbons (Fsp3) is 0.588. The zero-order chi connectivity index (χ0) is 17.9. The van der Waals surface area contributed by atoms with E-state index < -0.39 is 10.0 Å². The van der Waals surface area contributed by atoms with Gasteiger partial charge in [0.2, 0.25) is 15.9 Å². The van der Waals surface area contributed by atoms with Crippen LogP contribution in [0.4, 0.5) is 0 Å². The van der Waals surface area contributed by atoms with Crippen LogP contribution in [0.2, 0.25) is 0 Å². The van der Waals surface area contributed by atoms with Crippen LogP contribution in [0.1, 0.15) is 36.5 Å². The number of hydrogen-bond acceptors (Lipinski definition) is 4. The van der Waals surface area contributed by atoms with Gasteiger partial charge in [0, 0.05) is 19.6 Å². The van der Waals surface area contributed by atoms with E-state index in [1.54, 1.807) is 13.8 Å². The average Bonchev–Trinajstić information content (AvgIpc) is 3.14. The summed E-state index contributed by atoms with van der Waals surface area (Å²) in [5, 5.41) is 2.85. The van der Waals surface area contributed by atoms with E-state index in [4.69, 9.17) is 4.74 Å². The number of benzene rings is 1. The molecular formula is C17H26N2O4S. The second kappa shape index (κ2) is 7.63. The van der Waals surface area contributed by atoms with Gasteiger partial charge < -0.3 is 10.1 Å². The highest BCUT2D eigenvalue weighted by molar-refractivity contribution is 7.89. The molecule has 2 rings (SSSR count). The Balaban J connectivity index is 1.86. The van der Waals surface area contributed by atoms with Gasteiger partial charge in [0.15, 0.2) is 0 Å². The summed E-state index contributed by atoms with van der Waals surface area (Å²) >= 11 is 0. The summed E-state index contributed by atoms with van der Waals surface area (Å²) in [6.45, 7) is 8.12. The van der Waals surface area contributed by atoms with Crippen LogP contribution in [0.5, 0.6) is 0 Å². The Kier molecular flexibility index (Phi) is 6.01. The Morgan fingerprint density at radius 3 is 2.46 bits per heavy atom. The van der Waals surface area contributed by atoms with Gasteiger partial charge in [-0.2, -0.15) is 0 Å². The molecule has 1 fully saturated rings. The minimum atomic E-state index is -3.62. The predicted octanol–water partition coefficient (Wildman–Crippen LogP) is 1.57. The first-order valence-electron chi connectivity index (χ1n) is 8.23. The number of nitrogens with one attached hydrogen (secondary N) is 2. The number of aryl methyl sites for hydroxylation is 3. The first kappa shape index (κ1) is 18.9. The Morgan fingerprint density at radius 2 is 1.88 bits per heavy atom. The van der Waals surface area contributed by atoms with Crippen molar-refractivity contribution >= 4 is 15.9 Å². The van der Waals surface area contributed by atoms with E-state index in [1.807, 2.05) is 26.0 Å². The minimum Gasteiger partial charge on any atom is -0.376 e. The van der Waals surface area contributed by atoms with Gasteiger partial charge in [0.1, 0.15) is 0 Å². The summed E-state index contributed by atoms with van der Waals surface area (Å²) in [5.41, 5.74) is 2.44. The zero-order valence-corrected chi connectivity index (χ0v) is 15.5. The third-order valence-electron chi connectivity index (χ3n) is 3.98. The highest BCUT2D eigenvalue weighted by Gasteiger charge is 2.38. The molecule has 1 aliphatic rings. The number of carbonyl (C=O) groups excluding carboxylic acids is 1. The number of amides is 1. The van der Waals surface area contributed by atoms with E-state index in [0.29, 0.717) is 22.6 Å². The lowest BCUT2D eigenvalue weighted by Crippen LogP contribution is -2.33. The molecule has 1 aromatic rings. The molecule has 0 aromatic heterocycles. The van der Waals surface area contributed by atoms with Crippen LogP contribution in [0.15, 0.2) is 17.0 Å². The van der Waals surface area contributed by atoms with Crippen molar-refractivity contribution in [2.75, 3.05) is 13.2 Å². The number of hydrogen-bond donors (Lipinski definition) is 2. The van der Waals surface area contributed by atoms with Crippen LogP contribution in [0.25, 0.3) is 0 Å². The maximum Gasteiger partial charge on any atom is 0.241 e. The number of carbonyl (C=O) groups is 1. The van der Waals surface area contributed by atoms with Crippen LogP contribution in [-0.4, -0.2) is 39.6 Å². The molecule has 0 saturated heterocycles. The highest BCUT2D eigenvalue weighted by Crippen LogP contribution is 2.25. The van der Waals surface area contributed by atoms with Crippen molar-refractivity contribution in [3.05, 3.63) is 28.8 Å². The van der Waals surface area contributed by atoms with Crippen molar-refractivity contribution < 1.29 is 17.9 Å². The van der Waals surface area contributed by atoms with Gasteiger partial charge in [-0.25, -0.2) is 13.1 Å². The second-order valence-corrected chi connectivity index (χ2v) is 7.98. The summed E-state index contributed by atoms with van der Waals surface area (Å²) in [6.07, 6.45) is 1.04. The van der Waals surface area contributed by atoms with E-state index in [1.165, 1.54) is 0 Å². The quantitative estimate of drug-likeness (QED) is 0.742. The Bertz CT molecular complexity index is 692. The summed E-state index contributed by atoms with van der Waals surface area (Å²) in [6, 6.07) is 3.75. The summed E-state index contributed by atoms with van der Waals surface area (Å²) < 4.78 is 32.9. The van der Waals surface area contributed by atoms with Crippen LogP contribution in [0.3, 0.4) is 0 Å². The molecule has 24 heavy (non-hydrogen) atoms. The fourth-order valence-electron chi connectivity index (χ4n) is 2.96. The smallest absolute Gasteiger partial charge is 0.241 e. The van der Waals surface area contributed by atoms with Gasteiger partial charge in [-0.15, -0.1) is 0 Å². The van der Waals surface area contributed by atoms with E-state index in [-0.39, 0.29) is 31.0 Å². The lowest BCUT2D eigenvalue weighted by molar-refractivity contribution is -0.121. The molecular weight excluding hydrogens is 328 g/mol. The van der Waals surface area contributed by atoms with Gasteiger partial charge in [-0.3, -0.25) is 4.79 Å². The third kappa shape index (κ3) is 4.78. The molecule has 0 heterocycles. The van der Waals surface area contributed by atoms with Crippen molar-refractivity contribution in [3.63, 3.8) is 0 Å². The number of ether oxygens (including phenoxy) is 1. The van der Waals surface area contributed by atoms with E-state index in [0.717, 1.165) is 12.0 Å². The average molecular weight is 354 g/mol. The summed E-state index contributed by atoms with van der Waals surface area (Å²) in [5.74, 6) is -0.165. The number of rotatable bonds is 8. The second-order valence-electron chi connectivity index (χ2n) is 6.28. The predicted molar refractivity (Wildman–Crippen MR) is 92.4 cm³/mol. The summed E-state index contributed by atoms with van der Waals surface area (Å²) in [7, 11) is -3.62. The van der Waals surface area contributed by atoms with Gasteiger partial charge in [0.05, 0.1) is 17.0 Å². The molecule has 7 heteroatoms. The van der Waals surface area contributed by atoms with Crippen LogP contribution >= 0.6 is 0 Å². The zero-order valence-electron chi connectivity index (χ0n) is 14.7. The molecule has 0 unspecified atom stereocenters. The van der Waals surface area contributed by atoms with E-state index in [2.05, 4.69) is 10.0 Å². The Morgan fingerprint density at radius 1 is 1.25 bits per heavy atom. The molecule has 0 spiro atoms. The SMILES string of the molecule is CCO[C@@H]1C[C@@H]1NC(=O)CCNS(=O)(=O)c1c(C)cc(C)cc1C. The van der Waals surface area contributed by atoms with Gasteiger partial charge >= 0.3 is 0 Å². The highest BCUT2D eigenvalue weighted by atomic mass is 32.2. The standard InChI is InChI=1S/C17H26N2O4S/c1-5-23-15-10-14(15)19-16(20)6-7-18-24(21,22)17-12(3)8-11(2)9-13(17)4/h8-9,14-15,18H,5-7,10H2,1-4H3,(H,19,20)/t14-,15+/m0/s1. The first-order valence-corrected chi connectivity index (χ1v) is 9.71. The van der Waals surface area contributed by atoms with Gasteiger partial charge in [-0.05, 0) is 45.2 Å². The molecule has 1 aromatic carbocycles. The van der Waals surface area contributed by atoms with Gasteiger partial charge in [0.25, 0.3) is 0 Å². The lowest BCUT2D eigenvalue weighted by Gasteiger charge is -2.13. The van der Waals surface area contributed by atoms with Crippen molar-refractivity contribution in [3.8, 4) is 0 Å². The third-order valence-corrected chi connectivity index (χ3v) is 5.74.